The van der Waals surface area contributed by atoms with E-state index < -0.39 is 57.7 Å². The highest BCUT2D eigenvalue weighted by atomic mass is 79.9. The fourth-order valence-corrected chi connectivity index (χ4v) is 17.3. The summed E-state index contributed by atoms with van der Waals surface area (Å²) in [6.45, 7) is 6.45. The van der Waals surface area contributed by atoms with Gasteiger partial charge in [0.1, 0.15) is 5.78 Å². The number of piperidine rings is 3. The Kier molecular flexibility index (Phi) is 21.8. The van der Waals surface area contributed by atoms with Gasteiger partial charge in [-0.2, -0.15) is 54.8 Å². The van der Waals surface area contributed by atoms with E-state index in [1.54, 1.807) is 111 Å². The van der Waals surface area contributed by atoms with Crippen LogP contribution in [0.3, 0.4) is 0 Å². The first-order chi connectivity index (χ1) is 58.1. The molecule has 7 aromatic heterocycles. The van der Waals surface area contributed by atoms with E-state index in [0.717, 1.165) is 75.7 Å². The van der Waals surface area contributed by atoms with Crippen molar-refractivity contribution in [3.63, 3.8) is 0 Å². The van der Waals surface area contributed by atoms with Crippen molar-refractivity contribution in [1.29, 1.82) is 0 Å². The number of aromatic nitrogens is 11. The van der Waals surface area contributed by atoms with E-state index >= 15 is 0 Å². The summed E-state index contributed by atoms with van der Waals surface area (Å²) in [6, 6.07) is 44.5. The summed E-state index contributed by atoms with van der Waals surface area (Å²) < 4.78 is 153. The number of fused-ring (bicyclic) bond motifs is 5. The number of nitrogens with one attached hydrogen (secondary N) is 2. The zero-order valence-electron chi connectivity index (χ0n) is 65.2. The van der Waals surface area contributed by atoms with Crippen molar-refractivity contribution in [2.75, 3.05) is 38.0 Å². The first-order valence-electron chi connectivity index (χ1n) is 38.9. The number of hydrogen-bond donors (Lipinski definition) is 2. The SMILES string of the molecule is C[C@H]1C[C@@H](n2c(=O)[nH]c3cc(C(C)(F)F)ccc32)CCN1C(=O)c1cc(-c2ccncc2)n(-c2ccc(C(F)(F)F)cc2)n1.Cc1cccc2c1NC(=O)C21CCN(C(=O)c2cc(-c3ccncc3)n(-c3ccc(C(F)(F)F)cc3)n2)CC1.O=C(c1cc(-c2ccncc2)n(-c2ccc(C(F)(F)F)cc2)n1)N1CCC2(CC1)C(=O)Cc1ccc(Br)cc12. The van der Waals surface area contributed by atoms with Crippen LogP contribution in [0, 0.1) is 6.92 Å². The zero-order valence-corrected chi connectivity index (χ0v) is 66.8. The first-order valence-corrected chi connectivity index (χ1v) is 39.7. The molecule has 122 heavy (non-hydrogen) atoms. The van der Waals surface area contributed by atoms with Crippen LogP contribution in [0.25, 0.3) is 61.9 Å². The number of rotatable bonds is 11. The third-order valence-corrected chi connectivity index (χ3v) is 24.0. The van der Waals surface area contributed by atoms with Crippen molar-refractivity contribution in [2.45, 2.75) is 113 Å². The molecule has 2 atom stereocenters. The number of para-hydroxylation sites is 1. The van der Waals surface area contributed by atoms with Crippen LogP contribution in [0.2, 0.25) is 0 Å². The van der Waals surface area contributed by atoms with Gasteiger partial charge >= 0.3 is 24.2 Å². The molecule has 0 radical (unpaired) electrons. The first kappa shape index (κ1) is 82.6. The second-order valence-electron chi connectivity index (χ2n) is 30.9. The molecule has 1 aliphatic carbocycles. The lowest BCUT2D eigenvalue weighted by Crippen LogP contribution is -2.48. The van der Waals surface area contributed by atoms with Gasteiger partial charge < -0.3 is 25.0 Å². The fourth-order valence-electron chi connectivity index (χ4n) is 17.0. The van der Waals surface area contributed by atoms with Crippen LogP contribution in [0.4, 0.5) is 54.0 Å². The number of benzene rings is 6. The highest BCUT2D eigenvalue weighted by molar-refractivity contribution is 9.10. The molecule has 624 valence electrons. The number of pyridine rings is 3. The quantitative estimate of drug-likeness (QED) is 0.115. The Hall–Kier alpha value is -13.1. The highest BCUT2D eigenvalue weighted by Gasteiger charge is 2.51. The number of carbonyl (C=O) groups is 5. The molecule has 18 rings (SSSR count). The highest BCUT2D eigenvalue weighted by Crippen LogP contribution is 2.49. The minimum atomic E-state index is -4.50. The molecule has 11 heterocycles. The lowest BCUT2D eigenvalue weighted by molar-refractivity contribution is -0.138. The minimum absolute atomic E-state index is 0.0366. The maximum absolute atomic E-state index is 13.8. The number of nitrogens with zero attached hydrogens (tertiary/aromatic N) is 13. The second kappa shape index (κ2) is 32.1. The van der Waals surface area contributed by atoms with Gasteiger partial charge in [0.15, 0.2) is 17.1 Å². The molecule has 4 aliphatic heterocycles. The molecular formula is C89H73BrF11N15O6. The van der Waals surface area contributed by atoms with Gasteiger partial charge in [-0.3, -0.25) is 43.5 Å². The van der Waals surface area contributed by atoms with Crippen LogP contribution < -0.4 is 11.0 Å². The van der Waals surface area contributed by atoms with Gasteiger partial charge in [0.2, 0.25) is 5.91 Å². The van der Waals surface area contributed by atoms with E-state index in [0.29, 0.717) is 140 Å². The monoisotopic (exact) mass is 1740 g/mol. The van der Waals surface area contributed by atoms with Crippen LogP contribution in [0.15, 0.2) is 228 Å². The molecule has 21 nitrogen and oxygen atoms in total. The number of hydrogen-bond acceptors (Lipinski definition) is 12. The molecule has 33 heteroatoms. The minimum Gasteiger partial charge on any atom is -0.337 e. The van der Waals surface area contributed by atoms with Crippen molar-refractivity contribution in [3.8, 4) is 50.8 Å². The van der Waals surface area contributed by atoms with Gasteiger partial charge in [-0.05, 0) is 226 Å². The molecule has 3 fully saturated rings. The van der Waals surface area contributed by atoms with Crippen molar-refractivity contribution < 1.29 is 72.3 Å². The number of H-pyrrole nitrogens is 1. The normalized spacial score (nSPS) is 16.9. The van der Waals surface area contributed by atoms with Crippen LogP contribution in [-0.4, -0.2) is 137 Å². The topological polar surface area (TPSA) is 237 Å². The number of ketones is 1. The summed E-state index contributed by atoms with van der Waals surface area (Å²) in [5, 5.41) is 16.6. The van der Waals surface area contributed by atoms with Crippen molar-refractivity contribution in [3.05, 3.63) is 296 Å². The lowest BCUT2D eigenvalue weighted by Gasteiger charge is -2.38. The predicted molar refractivity (Wildman–Crippen MR) is 433 cm³/mol. The number of likely N-dealkylation sites (tertiary alicyclic amines) is 3. The maximum atomic E-state index is 13.8. The summed E-state index contributed by atoms with van der Waals surface area (Å²) >= 11 is 3.52. The third-order valence-electron chi connectivity index (χ3n) is 23.5. The number of imidazole rings is 1. The molecular weight excluding hydrogens is 1660 g/mol. The molecule has 0 bridgehead atoms. The number of halogens is 12. The smallest absolute Gasteiger partial charge is 0.337 e. The van der Waals surface area contributed by atoms with Gasteiger partial charge in [0.25, 0.3) is 23.6 Å². The summed E-state index contributed by atoms with van der Waals surface area (Å²) in [6.07, 6.45) is -0.607. The third kappa shape index (κ3) is 16.0. The number of aryl methyl sites for hydroxylation is 1. The average Bonchev–Trinajstić information content (AvgIpc) is 1.58. The number of Topliss-reactive ketones (excluding diaryl/α,β-unsaturated/α-hetero) is 1. The molecule has 5 aliphatic rings. The number of carbonyl (C=O) groups excluding carboxylic acids is 5. The largest absolute Gasteiger partial charge is 0.416 e. The van der Waals surface area contributed by atoms with Gasteiger partial charge in [-0.1, -0.05) is 46.3 Å². The van der Waals surface area contributed by atoms with Crippen LogP contribution in [-0.2, 0) is 51.3 Å². The van der Waals surface area contributed by atoms with E-state index in [2.05, 4.69) is 56.5 Å². The fraction of sp³-hybridized carbons (Fsp3) is 0.258. The Balaban J connectivity index is 0.000000136. The molecule has 4 amide bonds. The number of amides is 4. The van der Waals surface area contributed by atoms with E-state index in [-0.39, 0.29) is 64.1 Å². The predicted octanol–water partition coefficient (Wildman–Crippen LogP) is 18.0. The Morgan fingerprint density at radius 3 is 1.34 bits per heavy atom. The Morgan fingerprint density at radius 2 is 0.910 bits per heavy atom. The van der Waals surface area contributed by atoms with Crippen molar-refractivity contribution in [2.24, 2.45) is 0 Å². The van der Waals surface area contributed by atoms with Crippen molar-refractivity contribution >= 4 is 62.1 Å². The molecule has 13 aromatic rings. The van der Waals surface area contributed by atoms with Gasteiger partial charge in [0, 0.05) is 128 Å². The Labute approximate surface area is 697 Å². The second-order valence-corrected chi connectivity index (χ2v) is 31.8. The Morgan fingerprint density at radius 1 is 0.484 bits per heavy atom. The lowest BCUT2D eigenvalue weighted by atomic mass is 9.73. The average molecular weight is 1740 g/mol. The summed E-state index contributed by atoms with van der Waals surface area (Å²) in [4.78, 5) is 99.8. The molecule has 6 aromatic carbocycles. The zero-order chi connectivity index (χ0) is 86.1. The van der Waals surface area contributed by atoms with Crippen LogP contribution in [0.1, 0.15) is 134 Å². The van der Waals surface area contributed by atoms with Crippen LogP contribution >= 0.6 is 15.9 Å². The Bertz CT molecular complexity index is 6060. The molecule has 2 spiro atoms. The number of alkyl halides is 11. The van der Waals surface area contributed by atoms with Crippen LogP contribution in [0.5, 0.6) is 0 Å². The van der Waals surface area contributed by atoms with Gasteiger partial charge in [0.05, 0.1) is 72.7 Å². The van der Waals surface area contributed by atoms with E-state index in [9.17, 15) is 77.1 Å². The number of anilines is 1. The van der Waals surface area contributed by atoms with Gasteiger partial charge in [-0.15, -0.1) is 0 Å². The van der Waals surface area contributed by atoms with E-state index in [1.807, 2.05) is 50.2 Å². The molecule has 2 N–H and O–H groups in total. The standard InChI is InChI=1S/C31H27F5N6O2.C29H22BrF3N4O2.C29H24F3N5O2/c1-18-15-23(41-26-8-5-21(30(2,32)33)16-24(26)38-29(41)44)11-14-40(18)28(43)25-17-27(19-9-12-37-13-10-19)42(39-25)22-6-3-20(4-7-22)31(34,35)36;30-21-4-1-19-15-26(38)28(23(19)16-21)9-13-36(14-10-28)27(39)24-17-25(18-7-11-34-12-8-18)37(35-24)22-5-2-20(3-6-22)29(31,32)33;1-18-3-2-4-22-25(18)34-27(39)28(22)11-15-36(16-12-28)26(38)23-17-24(19-9-13-33-14-10-19)37(35-23)21-7-5-20(6-8-21)29(30,31)32/h3-10,12-13,16-18,23H,11,14-15H2,1-2H3,(H,38,44);1-8,11-12,16-17H,9-10,13-15H2;2-10,13-14,17H,11-12,15-16H2,1H3,(H,34,39)/t18-,23-;;/m0../s1. The number of aromatic amines is 1. The van der Waals surface area contributed by atoms with Gasteiger partial charge in [-0.25, -0.2) is 27.6 Å². The maximum Gasteiger partial charge on any atom is 0.416 e. The van der Waals surface area contributed by atoms with E-state index in [4.69, 9.17) is 0 Å². The molecule has 0 saturated carbocycles. The summed E-state index contributed by atoms with van der Waals surface area (Å²) in [5.41, 5.74) is 6.85. The van der Waals surface area contributed by atoms with E-state index in [1.165, 1.54) is 68.6 Å². The van der Waals surface area contributed by atoms with Crippen molar-refractivity contribution in [1.82, 2.24) is 68.5 Å². The molecule has 3 saturated heterocycles. The summed E-state index contributed by atoms with van der Waals surface area (Å²) in [7, 11) is 0. The molecule has 0 unspecified atom stereocenters. The summed E-state index contributed by atoms with van der Waals surface area (Å²) in [5.74, 6) is -3.85.